The molecule has 2 aliphatic heterocycles. The molecule has 0 aromatic heterocycles. The fourth-order valence-corrected chi connectivity index (χ4v) is 4.39. The van der Waals surface area contributed by atoms with Crippen LogP contribution >= 0.6 is 0 Å². The molecule has 0 amide bonds. The maximum atomic E-state index is 6.51. The number of hydrogen-bond acceptors (Lipinski definition) is 4. The van der Waals surface area contributed by atoms with E-state index >= 15 is 0 Å². The number of rotatable bonds is 5. The van der Waals surface area contributed by atoms with Gasteiger partial charge in [0.05, 0.1) is 11.7 Å². The van der Waals surface area contributed by atoms with Crippen LogP contribution in [0.5, 0.6) is 0 Å². The van der Waals surface area contributed by atoms with Crippen LogP contribution in [0.3, 0.4) is 0 Å². The van der Waals surface area contributed by atoms with Gasteiger partial charge in [-0.1, -0.05) is 19.3 Å². The largest absolute Gasteiger partial charge is 0.370 e. The van der Waals surface area contributed by atoms with Crippen LogP contribution in [0.25, 0.3) is 0 Å². The predicted molar refractivity (Wildman–Crippen MR) is 86.5 cm³/mol. The van der Waals surface area contributed by atoms with Gasteiger partial charge in [-0.15, -0.1) is 0 Å². The first kappa shape index (κ1) is 15.7. The summed E-state index contributed by atoms with van der Waals surface area (Å²) >= 11 is 0. The van der Waals surface area contributed by atoms with Gasteiger partial charge in [-0.2, -0.15) is 0 Å². The second-order valence-corrected chi connectivity index (χ2v) is 7.31. The van der Waals surface area contributed by atoms with Gasteiger partial charge in [-0.3, -0.25) is 4.90 Å². The summed E-state index contributed by atoms with van der Waals surface area (Å²) in [4.78, 5) is 5.17. The normalized spacial score (nSPS) is 31.0. The van der Waals surface area contributed by atoms with E-state index in [9.17, 15) is 0 Å². The van der Waals surface area contributed by atoms with E-state index in [4.69, 9.17) is 10.5 Å². The summed E-state index contributed by atoms with van der Waals surface area (Å²) in [5.41, 5.74) is 5.88. The number of hydrogen-bond donors (Lipinski definition) is 1. The highest BCUT2D eigenvalue weighted by atomic mass is 16.5. The Morgan fingerprint density at radius 3 is 2.38 bits per heavy atom. The molecule has 1 saturated carbocycles. The van der Waals surface area contributed by atoms with Crippen LogP contribution in [-0.4, -0.2) is 67.3 Å². The topological polar surface area (TPSA) is 41.7 Å². The van der Waals surface area contributed by atoms with E-state index < -0.39 is 0 Å². The molecule has 3 aliphatic rings. The van der Waals surface area contributed by atoms with Crippen LogP contribution in [0.2, 0.25) is 0 Å². The molecule has 2 heterocycles. The second-order valence-electron chi connectivity index (χ2n) is 7.31. The molecule has 122 valence electrons. The summed E-state index contributed by atoms with van der Waals surface area (Å²) in [5.74, 6) is 0. The van der Waals surface area contributed by atoms with Crippen molar-refractivity contribution < 1.29 is 4.74 Å². The molecule has 0 aromatic carbocycles. The van der Waals surface area contributed by atoms with Crippen LogP contribution in [0.4, 0.5) is 0 Å². The lowest BCUT2D eigenvalue weighted by atomic mass is 9.83. The minimum absolute atomic E-state index is 0.284. The van der Waals surface area contributed by atoms with Crippen molar-refractivity contribution in [3.63, 3.8) is 0 Å². The van der Waals surface area contributed by atoms with Gasteiger partial charge in [0, 0.05) is 32.7 Å². The van der Waals surface area contributed by atoms with Crippen molar-refractivity contribution in [2.24, 2.45) is 5.73 Å². The van der Waals surface area contributed by atoms with E-state index in [1.165, 1.54) is 77.7 Å². The first-order valence-electron chi connectivity index (χ1n) is 9.12. The lowest BCUT2D eigenvalue weighted by Gasteiger charge is -2.37. The van der Waals surface area contributed by atoms with Crippen LogP contribution in [0.15, 0.2) is 0 Å². The minimum Gasteiger partial charge on any atom is -0.370 e. The Balaban J connectivity index is 1.38. The predicted octanol–water partition coefficient (Wildman–Crippen LogP) is 1.83. The lowest BCUT2D eigenvalue weighted by Crippen LogP contribution is -2.49. The van der Waals surface area contributed by atoms with Crippen molar-refractivity contribution in [3.05, 3.63) is 0 Å². The van der Waals surface area contributed by atoms with E-state index in [1.807, 2.05) is 0 Å². The lowest BCUT2D eigenvalue weighted by molar-refractivity contribution is -0.0742. The molecule has 2 saturated heterocycles. The molecule has 4 heteroatoms. The zero-order valence-electron chi connectivity index (χ0n) is 13.6. The maximum Gasteiger partial charge on any atom is 0.0710 e. The van der Waals surface area contributed by atoms with Gasteiger partial charge >= 0.3 is 0 Å². The SMILES string of the molecule is NCCCN1CCN(CC2CCC3(CCCCC3)O2)CC1. The molecule has 0 radical (unpaired) electrons. The molecule has 1 atom stereocenters. The zero-order chi connectivity index (χ0) is 14.5. The fraction of sp³-hybridized carbons (Fsp3) is 1.00. The molecule has 3 rings (SSSR count). The molecule has 3 fully saturated rings. The highest BCUT2D eigenvalue weighted by molar-refractivity contribution is 4.92. The number of piperazine rings is 1. The Hall–Kier alpha value is -0.160. The summed E-state index contributed by atoms with van der Waals surface area (Å²) in [6.07, 6.45) is 11.0. The third-order valence-corrected chi connectivity index (χ3v) is 5.71. The molecule has 1 aliphatic carbocycles. The third-order valence-electron chi connectivity index (χ3n) is 5.71. The van der Waals surface area contributed by atoms with E-state index in [0.29, 0.717) is 6.10 Å². The highest BCUT2D eigenvalue weighted by Gasteiger charge is 2.41. The molecule has 1 spiro atoms. The fourth-order valence-electron chi connectivity index (χ4n) is 4.39. The van der Waals surface area contributed by atoms with Gasteiger partial charge in [0.25, 0.3) is 0 Å². The van der Waals surface area contributed by atoms with Crippen molar-refractivity contribution in [3.8, 4) is 0 Å². The summed E-state index contributed by atoms with van der Waals surface area (Å²) in [5, 5.41) is 0. The van der Waals surface area contributed by atoms with E-state index in [0.717, 1.165) is 19.5 Å². The summed E-state index contributed by atoms with van der Waals surface area (Å²) in [6.45, 7) is 7.97. The van der Waals surface area contributed by atoms with E-state index in [-0.39, 0.29) is 5.60 Å². The van der Waals surface area contributed by atoms with Gasteiger partial charge in [-0.25, -0.2) is 0 Å². The van der Waals surface area contributed by atoms with Crippen LogP contribution in [0, 0.1) is 0 Å². The summed E-state index contributed by atoms with van der Waals surface area (Å²) in [7, 11) is 0. The molecule has 2 N–H and O–H groups in total. The van der Waals surface area contributed by atoms with Crippen molar-refractivity contribution in [1.82, 2.24) is 9.80 Å². The Morgan fingerprint density at radius 1 is 0.952 bits per heavy atom. The van der Waals surface area contributed by atoms with Gasteiger partial charge < -0.3 is 15.4 Å². The molecule has 21 heavy (non-hydrogen) atoms. The smallest absolute Gasteiger partial charge is 0.0710 e. The Kier molecular flexibility index (Phi) is 5.54. The molecular formula is C17H33N3O. The van der Waals surface area contributed by atoms with Crippen LogP contribution in [0.1, 0.15) is 51.4 Å². The minimum atomic E-state index is 0.284. The average molecular weight is 295 g/mol. The zero-order valence-corrected chi connectivity index (χ0v) is 13.6. The van der Waals surface area contributed by atoms with Gasteiger partial charge in [0.1, 0.15) is 0 Å². The van der Waals surface area contributed by atoms with Crippen LogP contribution in [-0.2, 0) is 4.74 Å². The molecule has 0 bridgehead atoms. The number of ether oxygens (including phenoxy) is 1. The Morgan fingerprint density at radius 2 is 1.67 bits per heavy atom. The third kappa shape index (κ3) is 4.19. The summed E-state index contributed by atoms with van der Waals surface area (Å²) in [6, 6.07) is 0. The summed E-state index contributed by atoms with van der Waals surface area (Å²) < 4.78 is 6.51. The van der Waals surface area contributed by atoms with E-state index in [1.54, 1.807) is 0 Å². The Labute approximate surface area is 130 Å². The van der Waals surface area contributed by atoms with Crippen molar-refractivity contribution in [2.75, 3.05) is 45.8 Å². The quantitative estimate of drug-likeness (QED) is 0.840. The number of nitrogens with zero attached hydrogens (tertiary/aromatic N) is 2. The van der Waals surface area contributed by atoms with Gasteiger partial charge in [0.2, 0.25) is 0 Å². The second kappa shape index (κ2) is 7.40. The first-order chi connectivity index (χ1) is 10.3. The Bertz CT molecular complexity index is 309. The van der Waals surface area contributed by atoms with Crippen molar-refractivity contribution in [1.29, 1.82) is 0 Å². The van der Waals surface area contributed by atoms with Crippen molar-refractivity contribution >= 4 is 0 Å². The monoisotopic (exact) mass is 295 g/mol. The molecule has 0 aromatic rings. The van der Waals surface area contributed by atoms with Crippen molar-refractivity contribution in [2.45, 2.75) is 63.1 Å². The van der Waals surface area contributed by atoms with E-state index in [2.05, 4.69) is 9.80 Å². The van der Waals surface area contributed by atoms with Gasteiger partial charge in [-0.05, 0) is 45.2 Å². The highest BCUT2D eigenvalue weighted by Crippen LogP contribution is 2.42. The molecular weight excluding hydrogens is 262 g/mol. The average Bonchev–Trinajstić information content (AvgIpc) is 2.89. The van der Waals surface area contributed by atoms with Crippen LogP contribution < -0.4 is 5.73 Å². The molecule has 4 nitrogen and oxygen atoms in total. The molecule has 1 unspecified atom stereocenters. The first-order valence-corrected chi connectivity index (χ1v) is 9.12. The standard InChI is InChI=1S/C17H33N3O/c18-9-4-10-19-11-13-20(14-12-19)15-16-5-8-17(21-16)6-2-1-3-7-17/h16H,1-15,18H2. The number of nitrogens with two attached hydrogens (primary N) is 1. The maximum absolute atomic E-state index is 6.51. The van der Waals surface area contributed by atoms with Gasteiger partial charge in [0.15, 0.2) is 0 Å².